The molecule has 218 valence electrons. The molecule has 4 nitrogen and oxygen atoms in total. The van der Waals surface area contributed by atoms with Crippen molar-refractivity contribution in [2.24, 2.45) is 46.3 Å². The summed E-state index contributed by atoms with van der Waals surface area (Å²) < 4.78 is 5.82. The van der Waals surface area contributed by atoms with Gasteiger partial charge in [-0.2, -0.15) is 0 Å². The minimum absolute atomic E-state index is 0.0647. The van der Waals surface area contributed by atoms with Crippen molar-refractivity contribution in [1.82, 2.24) is 5.32 Å². The molecule has 0 aromatic rings. The Morgan fingerprint density at radius 2 is 1.82 bits per heavy atom. The average molecular weight is 530 g/mol. The highest BCUT2D eigenvalue weighted by Crippen LogP contribution is 2.67. The monoisotopic (exact) mass is 529 g/mol. The van der Waals surface area contributed by atoms with Gasteiger partial charge >= 0.3 is 6.09 Å². The van der Waals surface area contributed by atoms with Gasteiger partial charge < -0.3 is 9.84 Å². The molecule has 0 radical (unpaired) electrons. The molecule has 3 fully saturated rings. The van der Waals surface area contributed by atoms with Gasteiger partial charge in [-0.05, 0) is 104 Å². The topological polar surface area (TPSA) is 58.6 Å². The van der Waals surface area contributed by atoms with E-state index in [1.807, 2.05) is 0 Å². The van der Waals surface area contributed by atoms with E-state index < -0.39 is 12.3 Å². The minimum Gasteiger partial charge on any atom is -0.446 e. The maximum atomic E-state index is 12.5. The number of alkyl carbamates (subject to hydrolysis) is 1. The van der Waals surface area contributed by atoms with Crippen LogP contribution >= 0.6 is 0 Å². The predicted octanol–water partition coefficient (Wildman–Crippen LogP) is 9.02. The fraction of sp³-hybridized carbons (Fsp3) is 0.912. The minimum atomic E-state index is -0.803. The lowest BCUT2D eigenvalue weighted by atomic mass is 9.47. The Bertz CT molecular complexity index is 823. The van der Waals surface area contributed by atoms with E-state index in [0.29, 0.717) is 11.8 Å². The summed E-state index contributed by atoms with van der Waals surface area (Å²) in [5.74, 6) is 5.07. The van der Waals surface area contributed by atoms with E-state index >= 15 is 0 Å². The van der Waals surface area contributed by atoms with Crippen molar-refractivity contribution in [3.05, 3.63) is 11.6 Å². The van der Waals surface area contributed by atoms with E-state index in [2.05, 4.69) is 52.9 Å². The Labute approximate surface area is 234 Å². The summed E-state index contributed by atoms with van der Waals surface area (Å²) in [6, 6.07) is 0. The quantitative estimate of drug-likeness (QED) is 0.159. The number of fused-ring (bicyclic) bond motifs is 5. The van der Waals surface area contributed by atoms with Gasteiger partial charge in [0.1, 0.15) is 12.3 Å². The highest BCUT2D eigenvalue weighted by molar-refractivity contribution is 5.67. The molecule has 0 aromatic heterocycles. The molecule has 4 aliphatic carbocycles. The number of hydrogen-bond donors (Lipinski definition) is 2. The number of allylic oxidation sites excluding steroid dienone is 1. The van der Waals surface area contributed by atoms with Gasteiger partial charge in [-0.1, -0.05) is 85.3 Å². The second-order valence-electron chi connectivity index (χ2n) is 14.7. The lowest BCUT2D eigenvalue weighted by molar-refractivity contribution is -0.0585. The first-order chi connectivity index (χ1) is 18.1. The Morgan fingerprint density at radius 3 is 2.55 bits per heavy atom. The molecular formula is C34H59NO3. The van der Waals surface area contributed by atoms with Crippen LogP contribution in [0.3, 0.4) is 0 Å². The predicted molar refractivity (Wildman–Crippen MR) is 157 cm³/mol. The van der Waals surface area contributed by atoms with Crippen LogP contribution in [0.2, 0.25) is 0 Å². The maximum Gasteiger partial charge on any atom is 0.409 e. The average Bonchev–Trinajstić information content (AvgIpc) is 3.21. The van der Waals surface area contributed by atoms with Gasteiger partial charge in [0.25, 0.3) is 0 Å². The maximum absolute atomic E-state index is 12.5. The van der Waals surface area contributed by atoms with Crippen molar-refractivity contribution in [1.29, 1.82) is 0 Å². The van der Waals surface area contributed by atoms with Crippen LogP contribution in [-0.2, 0) is 4.74 Å². The molecule has 0 aliphatic heterocycles. The molecule has 9 atom stereocenters. The molecule has 0 aromatic carbocycles. The number of aliphatic hydroxyl groups is 1. The van der Waals surface area contributed by atoms with Crippen molar-refractivity contribution >= 4 is 6.09 Å². The summed E-state index contributed by atoms with van der Waals surface area (Å²) >= 11 is 0. The number of carbonyl (C=O) groups excluding carboxylic acids is 1. The smallest absolute Gasteiger partial charge is 0.409 e. The van der Waals surface area contributed by atoms with E-state index in [1.165, 1.54) is 51.4 Å². The van der Waals surface area contributed by atoms with Crippen LogP contribution in [-0.4, -0.2) is 23.5 Å². The number of ether oxygens (including phenoxy) is 1. The zero-order valence-corrected chi connectivity index (χ0v) is 25.6. The van der Waals surface area contributed by atoms with Crippen LogP contribution in [0.15, 0.2) is 11.6 Å². The molecule has 0 heterocycles. The van der Waals surface area contributed by atoms with Gasteiger partial charge in [0, 0.05) is 6.42 Å². The molecule has 0 bridgehead atoms. The van der Waals surface area contributed by atoms with Gasteiger partial charge in [0.2, 0.25) is 0 Å². The largest absolute Gasteiger partial charge is 0.446 e. The molecule has 2 N–H and O–H groups in total. The Morgan fingerprint density at radius 1 is 1.03 bits per heavy atom. The number of carbonyl (C=O) groups is 1. The first-order valence-electron chi connectivity index (χ1n) is 16.4. The molecule has 38 heavy (non-hydrogen) atoms. The van der Waals surface area contributed by atoms with E-state index in [9.17, 15) is 9.90 Å². The third-order valence-corrected chi connectivity index (χ3v) is 11.9. The molecule has 0 saturated heterocycles. The van der Waals surface area contributed by atoms with E-state index in [4.69, 9.17) is 4.74 Å². The van der Waals surface area contributed by atoms with Crippen molar-refractivity contribution in [2.75, 3.05) is 0 Å². The molecule has 4 heteroatoms. The van der Waals surface area contributed by atoms with Gasteiger partial charge in [-0.25, -0.2) is 4.79 Å². The molecule has 3 saturated carbocycles. The summed E-state index contributed by atoms with van der Waals surface area (Å²) in [4.78, 5) is 12.5. The number of amides is 1. The van der Waals surface area contributed by atoms with Crippen LogP contribution in [0, 0.1) is 46.3 Å². The van der Waals surface area contributed by atoms with E-state index in [1.54, 1.807) is 5.57 Å². The highest BCUT2D eigenvalue weighted by atomic mass is 16.6. The van der Waals surface area contributed by atoms with Crippen LogP contribution in [0.4, 0.5) is 4.79 Å². The summed E-state index contributed by atoms with van der Waals surface area (Å²) in [6.07, 6.45) is 18.9. The van der Waals surface area contributed by atoms with Crippen LogP contribution < -0.4 is 5.32 Å². The fourth-order valence-electron chi connectivity index (χ4n) is 9.73. The first-order valence-corrected chi connectivity index (χ1v) is 16.4. The molecule has 4 rings (SSSR count). The molecule has 1 unspecified atom stereocenters. The molecule has 1 amide bonds. The number of unbranched alkanes of at least 4 members (excludes halogenated alkanes) is 2. The van der Waals surface area contributed by atoms with Crippen LogP contribution in [0.5, 0.6) is 0 Å². The standard InChI is InChI=1S/C34H59NO3/c1-7-8-9-13-31(36)35-32(37)38-26-18-20-33(5)25(22-26)14-15-27-29-17-16-28(24(4)12-10-11-23(2)3)34(29,6)21-19-30(27)33/h14,23-24,26-31,36H,7-13,15-22H2,1-6H3,(H,35,37)/t24-,26+,27+,28-,29+,30+,31?,33+,34-/m1/s1. The summed E-state index contributed by atoms with van der Waals surface area (Å²) in [5.41, 5.74) is 2.34. The van der Waals surface area contributed by atoms with Crippen molar-refractivity contribution < 1.29 is 14.6 Å². The SMILES string of the molecule is CCCCCC(O)NC(=O)O[C@H]1CC[C@@]2(C)C(=CC[C@H]3[C@@H]4CC[C@H]([C@H](C)CCCC(C)C)[C@@]4(C)CC[C@@H]32)C1. The number of nitrogens with one attached hydrogen (secondary N) is 1. The van der Waals surface area contributed by atoms with Crippen LogP contribution in [0.1, 0.15) is 138 Å². The Balaban J connectivity index is 1.35. The third kappa shape index (κ3) is 6.31. The Kier molecular flexibility index (Phi) is 9.97. The molecule has 4 aliphatic rings. The fourth-order valence-corrected chi connectivity index (χ4v) is 9.73. The third-order valence-electron chi connectivity index (χ3n) is 11.9. The number of aliphatic hydroxyl groups excluding tert-OH is 1. The van der Waals surface area contributed by atoms with Gasteiger partial charge in [-0.15, -0.1) is 0 Å². The summed E-state index contributed by atoms with van der Waals surface area (Å²) in [6.45, 7) is 14.6. The van der Waals surface area contributed by atoms with Gasteiger partial charge in [0.15, 0.2) is 0 Å². The normalized spacial score (nSPS) is 38.0. The second-order valence-corrected chi connectivity index (χ2v) is 14.7. The first kappa shape index (κ1) is 29.9. The van der Waals surface area contributed by atoms with Gasteiger partial charge in [0.05, 0.1) is 0 Å². The lowest BCUT2D eigenvalue weighted by Gasteiger charge is -2.58. The zero-order valence-electron chi connectivity index (χ0n) is 25.6. The zero-order chi connectivity index (χ0) is 27.5. The summed E-state index contributed by atoms with van der Waals surface area (Å²) in [5, 5.41) is 12.8. The second kappa shape index (κ2) is 12.6. The van der Waals surface area contributed by atoms with Crippen LogP contribution in [0.25, 0.3) is 0 Å². The van der Waals surface area contributed by atoms with Crippen molar-refractivity contribution in [3.8, 4) is 0 Å². The lowest BCUT2D eigenvalue weighted by Crippen LogP contribution is -2.51. The summed E-state index contributed by atoms with van der Waals surface area (Å²) in [7, 11) is 0. The molecular weight excluding hydrogens is 470 g/mol. The Hall–Kier alpha value is -1.03. The van der Waals surface area contributed by atoms with Crippen molar-refractivity contribution in [3.63, 3.8) is 0 Å². The van der Waals surface area contributed by atoms with Crippen molar-refractivity contribution in [2.45, 2.75) is 150 Å². The van der Waals surface area contributed by atoms with E-state index in [-0.39, 0.29) is 11.5 Å². The van der Waals surface area contributed by atoms with E-state index in [0.717, 1.165) is 74.0 Å². The highest BCUT2D eigenvalue weighted by Gasteiger charge is 2.59. The molecule has 0 spiro atoms. The van der Waals surface area contributed by atoms with Gasteiger partial charge in [-0.3, -0.25) is 5.32 Å². The number of hydrogen-bond acceptors (Lipinski definition) is 3. The number of rotatable bonds is 11.